The smallest absolute Gasteiger partial charge is 0.227 e. The summed E-state index contributed by atoms with van der Waals surface area (Å²) in [7, 11) is 0. The number of aromatic nitrogens is 2. The largest absolute Gasteiger partial charge is 0.339 e. The Morgan fingerprint density at radius 1 is 1.12 bits per heavy atom. The number of rotatable bonds is 3. The highest BCUT2D eigenvalue weighted by Crippen LogP contribution is 2.29. The molecule has 1 aliphatic carbocycles. The van der Waals surface area contributed by atoms with Crippen LogP contribution in [0.2, 0.25) is 0 Å². The van der Waals surface area contributed by atoms with Crippen molar-refractivity contribution in [2.24, 2.45) is 5.73 Å². The van der Waals surface area contributed by atoms with Gasteiger partial charge in [0.25, 0.3) is 0 Å². The number of nitrogens with zero attached hydrogens (tertiary/aromatic N) is 2. The maximum Gasteiger partial charge on any atom is 0.227 e. The zero-order valence-corrected chi connectivity index (χ0v) is 9.82. The molecule has 0 spiro atoms. The Kier molecular flexibility index (Phi) is 4.34. The molecule has 1 fully saturated rings. The van der Waals surface area contributed by atoms with Crippen LogP contribution in [0.15, 0.2) is 4.52 Å². The second-order valence-electron chi connectivity index (χ2n) is 4.63. The van der Waals surface area contributed by atoms with Crippen molar-refractivity contribution in [3.05, 3.63) is 11.7 Å². The first-order chi connectivity index (χ1) is 7.90. The van der Waals surface area contributed by atoms with Gasteiger partial charge in [0.2, 0.25) is 5.89 Å². The molecule has 1 aliphatic rings. The Hall–Kier alpha value is -0.900. The molecule has 0 unspecified atom stereocenters. The van der Waals surface area contributed by atoms with Crippen LogP contribution in [0.5, 0.6) is 0 Å². The van der Waals surface area contributed by atoms with Crippen molar-refractivity contribution in [1.29, 1.82) is 0 Å². The van der Waals surface area contributed by atoms with Gasteiger partial charge in [0.05, 0.1) is 0 Å². The summed E-state index contributed by atoms with van der Waals surface area (Å²) in [5.74, 6) is 2.11. The molecule has 0 aromatic carbocycles. The summed E-state index contributed by atoms with van der Waals surface area (Å²) in [6.07, 6.45) is 9.80. The van der Waals surface area contributed by atoms with Gasteiger partial charge in [0, 0.05) is 18.9 Å². The molecule has 4 nitrogen and oxygen atoms in total. The highest BCUT2D eigenvalue weighted by atomic mass is 16.5. The quantitative estimate of drug-likeness (QED) is 0.854. The normalized spacial score (nSPS) is 19.3. The van der Waals surface area contributed by atoms with Crippen molar-refractivity contribution in [2.75, 3.05) is 6.54 Å². The van der Waals surface area contributed by atoms with Crippen LogP contribution in [0.25, 0.3) is 0 Å². The minimum absolute atomic E-state index is 0.510. The lowest BCUT2D eigenvalue weighted by molar-refractivity contribution is 0.362. The molecule has 1 heterocycles. The maximum absolute atomic E-state index is 5.47. The van der Waals surface area contributed by atoms with E-state index in [2.05, 4.69) is 10.1 Å². The molecule has 90 valence electrons. The molecule has 1 saturated carbocycles. The van der Waals surface area contributed by atoms with Crippen LogP contribution in [-0.2, 0) is 6.42 Å². The Morgan fingerprint density at radius 3 is 2.50 bits per heavy atom. The second-order valence-corrected chi connectivity index (χ2v) is 4.63. The van der Waals surface area contributed by atoms with E-state index < -0.39 is 0 Å². The van der Waals surface area contributed by atoms with Crippen molar-refractivity contribution in [3.8, 4) is 0 Å². The van der Waals surface area contributed by atoms with Crippen molar-refractivity contribution in [1.82, 2.24) is 10.1 Å². The van der Waals surface area contributed by atoms with Gasteiger partial charge in [-0.1, -0.05) is 37.3 Å². The fourth-order valence-electron chi connectivity index (χ4n) is 2.37. The fraction of sp³-hybridized carbons (Fsp3) is 0.833. The van der Waals surface area contributed by atoms with Crippen LogP contribution >= 0.6 is 0 Å². The highest BCUT2D eigenvalue weighted by molar-refractivity contribution is 4.96. The number of hydrogen-bond acceptors (Lipinski definition) is 4. The van der Waals surface area contributed by atoms with E-state index in [1.54, 1.807) is 0 Å². The minimum atomic E-state index is 0.510. The van der Waals surface area contributed by atoms with E-state index in [0.29, 0.717) is 24.8 Å². The third kappa shape index (κ3) is 3.04. The summed E-state index contributed by atoms with van der Waals surface area (Å²) in [6.45, 7) is 0.576. The average molecular weight is 223 g/mol. The standard InChI is InChI=1S/C12H21N3O/c13-9-8-11-14-12(15-16-11)10-6-4-2-1-3-5-7-10/h10H,1-9,13H2. The van der Waals surface area contributed by atoms with Crippen LogP contribution in [0.1, 0.15) is 62.6 Å². The molecule has 0 radical (unpaired) electrons. The molecular weight excluding hydrogens is 202 g/mol. The third-order valence-electron chi connectivity index (χ3n) is 3.31. The van der Waals surface area contributed by atoms with E-state index in [-0.39, 0.29) is 0 Å². The highest BCUT2D eigenvalue weighted by Gasteiger charge is 2.18. The van der Waals surface area contributed by atoms with Gasteiger partial charge in [-0.05, 0) is 12.8 Å². The first-order valence-electron chi connectivity index (χ1n) is 6.42. The molecule has 0 bridgehead atoms. The van der Waals surface area contributed by atoms with Gasteiger partial charge in [-0.25, -0.2) is 0 Å². The summed E-state index contributed by atoms with van der Waals surface area (Å²) in [5, 5.41) is 4.09. The van der Waals surface area contributed by atoms with E-state index in [1.807, 2.05) is 0 Å². The molecule has 4 heteroatoms. The summed E-state index contributed by atoms with van der Waals surface area (Å²) >= 11 is 0. The van der Waals surface area contributed by atoms with Gasteiger partial charge in [-0.15, -0.1) is 0 Å². The van der Waals surface area contributed by atoms with E-state index in [0.717, 1.165) is 5.82 Å². The summed E-state index contributed by atoms with van der Waals surface area (Å²) < 4.78 is 5.19. The lowest BCUT2D eigenvalue weighted by Crippen LogP contribution is -2.05. The molecule has 0 saturated heterocycles. The Bertz CT molecular complexity index is 303. The molecule has 2 rings (SSSR count). The summed E-state index contributed by atoms with van der Waals surface area (Å²) in [6, 6.07) is 0. The first kappa shape index (κ1) is 11.6. The van der Waals surface area contributed by atoms with Gasteiger partial charge in [0.1, 0.15) is 0 Å². The first-order valence-corrected chi connectivity index (χ1v) is 6.42. The third-order valence-corrected chi connectivity index (χ3v) is 3.31. The molecular formula is C12H21N3O. The zero-order valence-electron chi connectivity index (χ0n) is 9.82. The lowest BCUT2D eigenvalue weighted by atomic mass is 9.91. The number of nitrogens with two attached hydrogens (primary N) is 1. The van der Waals surface area contributed by atoms with Crippen LogP contribution in [0.4, 0.5) is 0 Å². The molecule has 0 aliphatic heterocycles. The van der Waals surface area contributed by atoms with Crippen LogP contribution in [-0.4, -0.2) is 16.7 Å². The maximum atomic E-state index is 5.47. The summed E-state index contributed by atoms with van der Waals surface area (Å²) in [4.78, 5) is 4.44. The molecule has 0 amide bonds. The van der Waals surface area contributed by atoms with E-state index in [9.17, 15) is 0 Å². The predicted molar refractivity (Wildman–Crippen MR) is 62.1 cm³/mol. The Labute approximate surface area is 96.6 Å². The topological polar surface area (TPSA) is 64.9 Å². The molecule has 0 atom stereocenters. The molecule has 1 aromatic heterocycles. The van der Waals surface area contributed by atoms with Crippen molar-refractivity contribution >= 4 is 0 Å². The van der Waals surface area contributed by atoms with Crippen molar-refractivity contribution in [3.63, 3.8) is 0 Å². The van der Waals surface area contributed by atoms with E-state index in [4.69, 9.17) is 10.3 Å². The fourth-order valence-corrected chi connectivity index (χ4v) is 2.37. The average Bonchev–Trinajstić information content (AvgIpc) is 2.66. The lowest BCUT2D eigenvalue weighted by Gasteiger charge is -2.15. The monoisotopic (exact) mass is 223 g/mol. The SMILES string of the molecule is NCCc1nc(C2CCCCCCC2)no1. The van der Waals surface area contributed by atoms with Crippen LogP contribution in [0.3, 0.4) is 0 Å². The van der Waals surface area contributed by atoms with Crippen molar-refractivity contribution < 1.29 is 4.52 Å². The van der Waals surface area contributed by atoms with Gasteiger partial charge in [0.15, 0.2) is 5.82 Å². The van der Waals surface area contributed by atoms with Gasteiger partial charge in [-0.2, -0.15) is 4.98 Å². The van der Waals surface area contributed by atoms with E-state index in [1.165, 1.54) is 44.9 Å². The van der Waals surface area contributed by atoms with Crippen LogP contribution in [0, 0.1) is 0 Å². The van der Waals surface area contributed by atoms with Gasteiger partial charge < -0.3 is 10.3 Å². The minimum Gasteiger partial charge on any atom is -0.339 e. The van der Waals surface area contributed by atoms with Crippen LogP contribution < -0.4 is 5.73 Å². The molecule has 16 heavy (non-hydrogen) atoms. The Balaban J connectivity index is 1.97. The van der Waals surface area contributed by atoms with Gasteiger partial charge >= 0.3 is 0 Å². The van der Waals surface area contributed by atoms with E-state index >= 15 is 0 Å². The number of hydrogen-bond donors (Lipinski definition) is 1. The second kappa shape index (κ2) is 5.99. The predicted octanol–water partition coefficient (Wildman–Crippen LogP) is 2.40. The summed E-state index contributed by atoms with van der Waals surface area (Å²) in [5.41, 5.74) is 5.47. The molecule has 2 N–H and O–H groups in total. The zero-order chi connectivity index (χ0) is 11.2. The van der Waals surface area contributed by atoms with Crippen molar-refractivity contribution in [2.45, 2.75) is 57.3 Å². The molecule has 1 aromatic rings. The van der Waals surface area contributed by atoms with Gasteiger partial charge in [-0.3, -0.25) is 0 Å². The Morgan fingerprint density at radius 2 is 1.81 bits per heavy atom.